The first-order chi connectivity index (χ1) is 13.5. The summed E-state index contributed by atoms with van der Waals surface area (Å²) >= 11 is 12.2. The third-order valence-electron chi connectivity index (χ3n) is 3.34. The van der Waals surface area contributed by atoms with E-state index >= 15 is 0 Å². The minimum absolute atomic E-state index is 0.151. The van der Waals surface area contributed by atoms with Crippen molar-refractivity contribution < 1.29 is 9.53 Å². The van der Waals surface area contributed by atoms with Crippen LogP contribution < -0.4 is 0 Å². The Balaban J connectivity index is -0.000000695. The molecule has 0 unspecified atom stereocenters. The van der Waals surface area contributed by atoms with E-state index in [1.165, 1.54) is 0 Å². The second kappa shape index (κ2) is 20.5. The summed E-state index contributed by atoms with van der Waals surface area (Å²) in [5.41, 5.74) is 3.11. The van der Waals surface area contributed by atoms with Gasteiger partial charge in [0.15, 0.2) is 0 Å². The number of fused-ring (bicyclic) bond motifs is 1. The topological polar surface area (TPSA) is 42.1 Å². The summed E-state index contributed by atoms with van der Waals surface area (Å²) in [5.74, 6) is -0.151. The maximum Gasteiger partial charge on any atom is 0.305 e. The Morgan fingerprint density at radius 2 is 1.54 bits per heavy atom. The van der Waals surface area contributed by atoms with Crippen molar-refractivity contribution in [3.8, 4) is 0 Å². The molecule has 0 aliphatic rings. The lowest BCUT2D eigenvalue weighted by Crippen LogP contribution is -2.04. The van der Waals surface area contributed by atoms with Gasteiger partial charge in [0.05, 0.1) is 22.2 Å². The minimum atomic E-state index is -0.151. The second-order valence-corrected chi connectivity index (χ2v) is 5.46. The van der Waals surface area contributed by atoms with Crippen LogP contribution in [0.4, 0.5) is 0 Å². The van der Waals surface area contributed by atoms with Gasteiger partial charge >= 0.3 is 5.97 Å². The molecule has 0 aliphatic heterocycles. The number of ether oxygens (including phenoxy) is 1. The zero-order valence-electron chi connectivity index (χ0n) is 19.6. The Morgan fingerprint density at radius 3 is 2.04 bits per heavy atom. The highest BCUT2D eigenvalue weighted by Gasteiger charge is 2.12. The molecule has 0 amide bonds. The number of esters is 1. The lowest BCUT2D eigenvalue weighted by atomic mass is 10.1. The molecule has 28 heavy (non-hydrogen) atoms. The number of hydrogen-bond acceptors (Lipinski definition) is 2. The fourth-order valence-corrected chi connectivity index (χ4v) is 2.65. The average molecular weight is 434 g/mol. The highest BCUT2D eigenvalue weighted by Crippen LogP contribution is 2.33. The molecule has 5 heteroatoms. The Bertz CT molecular complexity index is 637. The van der Waals surface area contributed by atoms with Crippen molar-refractivity contribution in [2.24, 2.45) is 0 Å². The van der Waals surface area contributed by atoms with Crippen LogP contribution >= 0.6 is 23.2 Å². The number of hydrogen-bond donors (Lipinski definition) is 1. The van der Waals surface area contributed by atoms with Crippen LogP contribution in [0.5, 0.6) is 0 Å². The van der Waals surface area contributed by atoms with Crippen LogP contribution in [0.15, 0.2) is 12.1 Å². The number of carbonyl (C=O) groups is 1. The molecule has 1 N–H and O–H groups in total. The smallest absolute Gasteiger partial charge is 0.305 e. The molecule has 0 bridgehead atoms. The molecule has 1 aromatic heterocycles. The molecule has 0 fully saturated rings. The Hall–Kier alpha value is -1.19. The fourth-order valence-electron chi connectivity index (χ4n) is 2.29. The van der Waals surface area contributed by atoms with Gasteiger partial charge in [-0.05, 0) is 38.3 Å². The predicted molar refractivity (Wildman–Crippen MR) is 128 cm³/mol. The minimum Gasteiger partial charge on any atom is -0.466 e. The van der Waals surface area contributed by atoms with Crippen molar-refractivity contribution >= 4 is 40.1 Å². The molecular weight excluding hydrogens is 393 g/mol. The standard InChI is InChI=1S/C15H17Cl2NO2.4C2H6/c1-3-20-13(19)6-4-5-12-9(2)10-7-8-11(16)14(17)15(10)18-12;4*1-2/h7-8,18H,3-6H2,1-2H3;4*1-2H3. The van der Waals surface area contributed by atoms with Gasteiger partial charge in [0, 0.05) is 17.5 Å². The normalized spacial score (nSPS) is 8.71. The first-order valence-corrected chi connectivity index (χ1v) is 11.4. The van der Waals surface area contributed by atoms with Crippen LogP contribution in [-0.4, -0.2) is 17.6 Å². The molecule has 0 spiro atoms. The summed E-state index contributed by atoms with van der Waals surface area (Å²) in [6.07, 6.45) is 1.96. The van der Waals surface area contributed by atoms with Crippen LogP contribution in [0, 0.1) is 6.92 Å². The number of aromatic nitrogens is 1. The first kappa shape index (κ1) is 31.5. The highest BCUT2D eigenvalue weighted by molar-refractivity contribution is 6.45. The summed E-state index contributed by atoms with van der Waals surface area (Å²) in [6.45, 7) is 20.3. The maximum atomic E-state index is 11.3. The van der Waals surface area contributed by atoms with Crippen LogP contribution in [-0.2, 0) is 16.0 Å². The van der Waals surface area contributed by atoms with Crippen molar-refractivity contribution in [1.82, 2.24) is 4.98 Å². The number of rotatable bonds is 5. The third-order valence-corrected chi connectivity index (χ3v) is 4.14. The monoisotopic (exact) mass is 433 g/mol. The molecule has 0 radical (unpaired) electrons. The summed E-state index contributed by atoms with van der Waals surface area (Å²) in [7, 11) is 0. The largest absolute Gasteiger partial charge is 0.466 e. The molecule has 164 valence electrons. The Morgan fingerprint density at radius 1 is 1.00 bits per heavy atom. The number of carbonyl (C=O) groups excluding carboxylic acids is 1. The quantitative estimate of drug-likeness (QED) is 0.478. The van der Waals surface area contributed by atoms with Gasteiger partial charge in [-0.2, -0.15) is 0 Å². The molecule has 2 rings (SSSR count). The lowest BCUT2D eigenvalue weighted by Gasteiger charge is -2.01. The van der Waals surface area contributed by atoms with Crippen LogP contribution in [0.2, 0.25) is 10.0 Å². The van der Waals surface area contributed by atoms with E-state index < -0.39 is 0 Å². The van der Waals surface area contributed by atoms with E-state index in [-0.39, 0.29) is 5.97 Å². The molecule has 0 saturated heterocycles. The van der Waals surface area contributed by atoms with Crippen LogP contribution in [0.3, 0.4) is 0 Å². The summed E-state index contributed by atoms with van der Waals surface area (Å²) in [6, 6.07) is 3.76. The molecule has 0 saturated carbocycles. The Labute approximate surface area is 183 Å². The molecule has 1 heterocycles. The first-order valence-electron chi connectivity index (χ1n) is 10.6. The van der Waals surface area contributed by atoms with Gasteiger partial charge in [0.2, 0.25) is 0 Å². The van der Waals surface area contributed by atoms with Crippen molar-refractivity contribution in [3.05, 3.63) is 33.4 Å². The SMILES string of the molecule is CC.CC.CC.CC.CCOC(=O)CCCc1[nH]c2c(Cl)c(Cl)ccc2c1C. The molecular formula is C23H41Cl2NO2. The Kier molecular flexibility index (Phi) is 23.1. The average Bonchev–Trinajstić information content (AvgIpc) is 3.07. The number of nitrogens with one attached hydrogen (secondary N) is 1. The number of halogens is 2. The van der Waals surface area contributed by atoms with Crippen LogP contribution in [0.1, 0.15) is 86.4 Å². The molecule has 1 aromatic carbocycles. The predicted octanol–water partition coefficient (Wildman–Crippen LogP) is 8.77. The summed E-state index contributed by atoms with van der Waals surface area (Å²) < 4.78 is 4.92. The van der Waals surface area contributed by atoms with E-state index in [2.05, 4.69) is 4.98 Å². The van der Waals surface area contributed by atoms with Gasteiger partial charge in [-0.15, -0.1) is 0 Å². The van der Waals surface area contributed by atoms with Crippen molar-refractivity contribution in [3.63, 3.8) is 0 Å². The van der Waals surface area contributed by atoms with Gasteiger partial charge in [0.25, 0.3) is 0 Å². The lowest BCUT2D eigenvalue weighted by molar-refractivity contribution is -0.143. The molecule has 3 nitrogen and oxygen atoms in total. The number of aryl methyl sites for hydroxylation is 2. The van der Waals surface area contributed by atoms with Crippen molar-refractivity contribution in [1.29, 1.82) is 0 Å². The van der Waals surface area contributed by atoms with E-state index in [0.717, 1.165) is 35.0 Å². The van der Waals surface area contributed by atoms with Gasteiger partial charge in [0.1, 0.15) is 0 Å². The zero-order valence-corrected chi connectivity index (χ0v) is 21.1. The van der Waals surface area contributed by atoms with Crippen molar-refractivity contribution in [2.75, 3.05) is 6.61 Å². The maximum absolute atomic E-state index is 11.3. The second-order valence-electron chi connectivity index (χ2n) is 4.67. The van der Waals surface area contributed by atoms with E-state index in [1.807, 2.05) is 75.3 Å². The van der Waals surface area contributed by atoms with E-state index in [0.29, 0.717) is 23.1 Å². The third kappa shape index (κ3) is 10.4. The van der Waals surface area contributed by atoms with Crippen molar-refractivity contribution in [2.45, 2.75) is 88.5 Å². The number of aromatic amines is 1. The molecule has 2 aromatic rings. The van der Waals surface area contributed by atoms with E-state index in [4.69, 9.17) is 27.9 Å². The van der Waals surface area contributed by atoms with E-state index in [1.54, 1.807) is 6.07 Å². The zero-order chi connectivity index (χ0) is 22.7. The van der Waals surface area contributed by atoms with Gasteiger partial charge < -0.3 is 9.72 Å². The van der Waals surface area contributed by atoms with Gasteiger partial charge in [-0.3, -0.25) is 4.79 Å². The highest BCUT2D eigenvalue weighted by atomic mass is 35.5. The summed E-state index contributed by atoms with van der Waals surface area (Å²) in [4.78, 5) is 14.6. The summed E-state index contributed by atoms with van der Waals surface area (Å²) in [5, 5.41) is 2.16. The number of benzene rings is 1. The number of H-pyrrole nitrogens is 1. The van der Waals surface area contributed by atoms with Gasteiger partial charge in [-0.1, -0.05) is 84.7 Å². The van der Waals surface area contributed by atoms with E-state index in [9.17, 15) is 4.79 Å². The fraction of sp³-hybridized carbons (Fsp3) is 0.609. The van der Waals surface area contributed by atoms with Crippen LogP contribution in [0.25, 0.3) is 10.9 Å². The molecule has 0 atom stereocenters. The van der Waals surface area contributed by atoms with Gasteiger partial charge in [-0.25, -0.2) is 0 Å². The molecule has 0 aliphatic carbocycles.